The molecule has 0 N–H and O–H groups in total. The molecule has 0 heterocycles. The third-order valence-electron chi connectivity index (χ3n) is 4.07. The van der Waals surface area contributed by atoms with Crippen LogP contribution in [-0.4, -0.2) is 46.9 Å². The number of hydrazine groups is 1. The average Bonchev–Trinajstić information content (AvgIpc) is 2.75. The third kappa shape index (κ3) is 8.29. The number of carbonyl (C=O) groups is 3. The lowest BCUT2D eigenvalue weighted by Crippen LogP contribution is -2.53. The van der Waals surface area contributed by atoms with Gasteiger partial charge in [-0.3, -0.25) is 4.79 Å². The number of ether oxygens (including phenoxy) is 3. The Morgan fingerprint density at radius 2 is 1.34 bits per heavy atom. The first kappa shape index (κ1) is 24.7. The van der Waals surface area contributed by atoms with Crippen molar-refractivity contribution in [2.24, 2.45) is 0 Å². The van der Waals surface area contributed by atoms with Gasteiger partial charge in [-0.05, 0) is 38.8 Å². The van der Waals surface area contributed by atoms with Gasteiger partial charge in [0.05, 0.1) is 13.2 Å². The van der Waals surface area contributed by atoms with Crippen molar-refractivity contribution in [3.8, 4) is 0 Å². The maximum atomic E-state index is 13.1. The minimum absolute atomic E-state index is 0.00648. The van der Waals surface area contributed by atoms with Crippen molar-refractivity contribution in [2.75, 3.05) is 13.2 Å². The van der Waals surface area contributed by atoms with Gasteiger partial charge in [0.2, 0.25) is 0 Å². The van der Waals surface area contributed by atoms with Crippen LogP contribution in [0.3, 0.4) is 0 Å². The lowest BCUT2D eigenvalue weighted by atomic mass is 10.2. The van der Waals surface area contributed by atoms with Crippen molar-refractivity contribution in [3.05, 3.63) is 71.8 Å². The van der Waals surface area contributed by atoms with E-state index in [1.165, 1.54) is 0 Å². The molecule has 2 rings (SSSR count). The van der Waals surface area contributed by atoms with E-state index in [1.807, 2.05) is 48.5 Å². The Hall–Kier alpha value is -3.55. The highest BCUT2D eigenvalue weighted by atomic mass is 16.6. The number of esters is 1. The van der Waals surface area contributed by atoms with Gasteiger partial charge < -0.3 is 14.2 Å². The van der Waals surface area contributed by atoms with E-state index in [4.69, 9.17) is 14.2 Å². The zero-order valence-electron chi connectivity index (χ0n) is 18.9. The standard InChI is InChI=1S/C24H30N2O6/c1-5-30-21(27)17-26(23(29)32-24(2,3)4)25(16-19-12-8-6-9-13-19)22(28)31-18-20-14-10-7-11-15-20/h6-15H,5,16-18H2,1-4H3. The molecule has 2 aromatic rings. The van der Waals surface area contributed by atoms with Gasteiger partial charge in [-0.15, -0.1) is 0 Å². The average molecular weight is 443 g/mol. The van der Waals surface area contributed by atoms with Gasteiger partial charge in [-0.25, -0.2) is 19.6 Å². The molecule has 0 fully saturated rings. The quantitative estimate of drug-likeness (QED) is 0.356. The number of amides is 2. The molecule has 0 radical (unpaired) electrons. The highest BCUT2D eigenvalue weighted by Gasteiger charge is 2.33. The summed E-state index contributed by atoms with van der Waals surface area (Å²) in [6.07, 6.45) is -1.66. The summed E-state index contributed by atoms with van der Waals surface area (Å²) in [5.74, 6) is -0.674. The van der Waals surface area contributed by atoms with Gasteiger partial charge in [0.1, 0.15) is 18.8 Å². The number of benzene rings is 2. The van der Waals surface area contributed by atoms with E-state index in [2.05, 4.69) is 0 Å². The van der Waals surface area contributed by atoms with E-state index in [9.17, 15) is 14.4 Å². The van der Waals surface area contributed by atoms with Crippen molar-refractivity contribution in [1.82, 2.24) is 10.0 Å². The summed E-state index contributed by atoms with van der Waals surface area (Å²) in [4.78, 5) is 38.3. The molecular weight excluding hydrogens is 412 g/mol. The van der Waals surface area contributed by atoms with Gasteiger partial charge in [-0.1, -0.05) is 60.7 Å². The van der Waals surface area contributed by atoms with E-state index in [0.717, 1.165) is 21.1 Å². The molecule has 0 saturated carbocycles. The molecule has 0 saturated heterocycles. The molecule has 0 spiro atoms. The van der Waals surface area contributed by atoms with Crippen molar-refractivity contribution in [2.45, 2.75) is 46.4 Å². The molecule has 0 aliphatic heterocycles. The molecule has 8 nitrogen and oxygen atoms in total. The van der Waals surface area contributed by atoms with Gasteiger partial charge >= 0.3 is 18.2 Å². The predicted molar refractivity (Wildman–Crippen MR) is 118 cm³/mol. The minimum atomic E-state index is -0.863. The zero-order valence-corrected chi connectivity index (χ0v) is 18.9. The molecule has 0 bridgehead atoms. The van der Waals surface area contributed by atoms with Gasteiger partial charge in [0.25, 0.3) is 0 Å². The Morgan fingerprint density at radius 1 is 0.781 bits per heavy atom. The lowest BCUT2D eigenvalue weighted by Gasteiger charge is -2.34. The minimum Gasteiger partial charge on any atom is -0.465 e. The zero-order chi connectivity index (χ0) is 23.6. The molecule has 0 aliphatic rings. The molecule has 0 aliphatic carbocycles. The number of nitrogens with zero attached hydrogens (tertiary/aromatic N) is 2. The summed E-state index contributed by atoms with van der Waals surface area (Å²) in [6.45, 7) is 6.38. The Kier molecular flexibility index (Phi) is 9.07. The van der Waals surface area contributed by atoms with Crippen LogP contribution in [0.15, 0.2) is 60.7 Å². The van der Waals surface area contributed by atoms with Crippen LogP contribution in [-0.2, 0) is 32.2 Å². The van der Waals surface area contributed by atoms with Crippen molar-refractivity contribution < 1.29 is 28.6 Å². The van der Waals surface area contributed by atoms with Crippen molar-refractivity contribution in [3.63, 3.8) is 0 Å². The maximum Gasteiger partial charge on any atom is 0.430 e. The Bertz CT molecular complexity index is 880. The lowest BCUT2D eigenvalue weighted by molar-refractivity contribution is -0.148. The fourth-order valence-electron chi connectivity index (χ4n) is 2.69. The summed E-state index contributed by atoms with van der Waals surface area (Å²) < 4.78 is 15.9. The first-order valence-corrected chi connectivity index (χ1v) is 10.4. The molecule has 0 atom stereocenters. The molecule has 172 valence electrons. The monoisotopic (exact) mass is 442 g/mol. The SMILES string of the molecule is CCOC(=O)CN(C(=O)OC(C)(C)C)N(Cc1ccccc1)C(=O)OCc1ccccc1. The predicted octanol–water partition coefficient (Wildman–Crippen LogP) is 4.54. The Morgan fingerprint density at radius 3 is 1.88 bits per heavy atom. The van der Waals surface area contributed by atoms with Crippen LogP contribution < -0.4 is 0 Å². The van der Waals surface area contributed by atoms with Crippen LogP contribution in [0.25, 0.3) is 0 Å². The summed E-state index contributed by atoms with van der Waals surface area (Å²) >= 11 is 0. The molecule has 2 amide bonds. The van der Waals surface area contributed by atoms with E-state index in [0.29, 0.717) is 0 Å². The molecule has 0 aromatic heterocycles. The summed E-state index contributed by atoms with van der Waals surface area (Å²) in [7, 11) is 0. The fraction of sp³-hybridized carbons (Fsp3) is 0.375. The topological polar surface area (TPSA) is 85.4 Å². The summed E-state index contributed by atoms with van der Waals surface area (Å²) in [5, 5.41) is 1.98. The normalized spacial score (nSPS) is 10.8. The largest absolute Gasteiger partial charge is 0.465 e. The molecular formula is C24H30N2O6. The second-order valence-electron chi connectivity index (χ2n) is 7.93. The van der Waals surface area contributed by atoms with Crippen LogP contribution in [0.4, 0.5) is 9.59 Å². The second-order valence-corrected chi connectivity index (χ2v) is 7.93. The summed E-state index contributed by atoms with van der Waals surface area (Å²) in [6, 6.07) is 18.2. The molecule has 2 aromatic carbocycles. The van der Waals surface area contributed by atoms with Gasteiger partial charge in [0.15, 0.2) is 0 Å². The van der Waals surface area contributed by atoms with Crippen molar-refractivity contribution >= 4 is 18.2 Å². The highest BCUT2D eigenvalue weighted by Crippen LogP contribution is 2.16. The number of rotatable bonds is 7. The smallest absolute Gasteiger partial charge is 0.430 e. The van der Waals surface area contributed by atoms with E-state index < -0.39 is 30.3 Å². The number of hydrogen-bond acceptors (Lipinski definition) is 6. The second kappa shape index (κ2) is 11.7. The van der Waals surface area contributed by atoms with Crippen LogP contribution in [0.5, 0.6) is 0 Å². The van der Waals surface area contributed by atoms with Crippen LogP contribution in [0.1, 0.15) is 38.8 Å². The molecule has 0 unspecified atom stereocenters. The van der Waals surface area contributed by atoms with Gasteiger partial charge in [0, 0.05) is 0 Å². The number of carbonyl (C=O) groups excluding carboxylic acids is 3. The first-order valence-electron chi connectivity index (χ1n) is 10.4. The first-order chi connectivity index (χ1) is 15.2. The Balaban J connectivity index is 2.31. The van der Waals surface area contributed by atoms with E-state index >= 15 is 0 Å². The molecule has 32 heavy (non-hydrogen) atoms. The van der Waals surface area contributed by atoms with Crippen LogP contribution in [0, 0.1) is 0 Å². The molecule has 8 heteroatoms. The Labute approximate surface area is 188 Å². The van der Waals surface area contributed by atoms with Crippen LogP contribution in [0.2, 0.25) is 0 Å². The van der Waals surface area contributed by atoms with Crippen LogP contribution >= 0.6 is 0 Å². The third-order valence-corrected chi connectivity index (χ3v) is 4.07. The highest BCUT2D eigenvalue weighted by molar-refractivity contribution is 5.80. The van der Waals surface area contributed by atoms with E-state index in [1.54, 1.807) is 39.8 Å². The van der Waals surface area contributed by atoms with Gasteiger partial charge in [-0.2, -0.15) is 0 Å². The fourth-order valence-corrected chi connectivity index (χ4v) is 2.69. The summed E-state index contributed by atoms with van der Waals surface area (Å²) in [5.41, 5.74) is 0.687. The number of hydrogen-bond donors (Lipinski definition) is 0. The van der Waals surface area contributed by atoms with Crippen molar-refractivity contribution in [1.29, 1.82) is 0 Å². The van der Waals surface area contributed by atoms with E-state index in [-0.39, 0.29) is 19.8 Å². The maximum absolute atomic E-state index is 13.1.